The molecule has 1 atom stereocenters. The SMILES string of the molecule is CCC(CC)NC(=O)c1ccc(CN2C(=O)C(c3ccccc3Cl)(N(C)C)c3cc(Cl)ccc32)cc1. The van der Waals surface area contributed by atoms with Crippen LogP contribution in [0.25, 0.3) is 0 Å². The van der Waals surface area contributed by atoms with Crippen LogP contribution in [0.4, 0.5) is 5.69 Å². The van der Waals surface area contributed by atoms with Gasteiger partial charge in [0.25, 0.3) is 11.8 Å². The van der Waals surface area contributed by atoms with Gasteiger partial charge >= 0.3 is 0 Å². The lowest BCUT2D eigenvalue weighted by molar-refractivity contribution is -0.126. The molecule has 5 nitrogen and oxygen atoms in total. The minimum absolute atomic E-state index is 0.0853. The van der Waals surface area contributed by atoms with E-state index in [9.17, 15) is 9.59 Å². The number of anilines is 1. The van der Waals surface area contributed by atoms with Crippen LogP contribution in [-0.4, -0.2) is 36.9 Å². The van der Waals surface area contributed by atoms with E-state index in [-0.39, 0.29) is 17.9 Å². The molecule has 2 amide bonds. The third kappa shape index (κ3) is 4.52. The first-order valence-corrected chi connectivity index (χ1v) is 12.9. The number of fused-ring (bicyclic) bond motifs is 1. The largest absolute Gasteiger partial charge is 0.349 e. The number of rotatable bonds is 8. The summed E-state index contributed by atoms with van der Waals surface area (Å²) in [7, 11) is 3.76. The Balaban J connectivity index is 1.71. The Kier molecular flexibility index (Phi) is 7.74. The maximum Gasteiger partial charge on any atom is 0.257 e. The van der Waals surface area contributed by atoms with E-state index >= 15 is 0 Å². The zero-order chi connectivity index (χ0) is 26.0. The number of hydrogen-bond donors (Lipinski definition) is 1. The van der Waals surface area contributed by atoms with Crippen molar-refractivity contribution >= 4 is 40.7 Å². The van der Waals surface area contributed by atoms with Crippen LogP contribution in [0.3, 0.4) is 0 Å². The molecule has 1 N–H and O–H groups in total. The molecular weight excluding hydrogens is 493 g/mol. The third-order valence-electron chi connectivity index (χ3n) is 7.01. The fourth-order valence-electron chi connectivity index (χ4n) is 5.00. The number of likely N-dealkylation sites (N-methyl/N-ethyl adjacent to an activating group) is 1. The van der Waals surface area contributed by atoms with Crippen molar-refractivity contribution in [1.82, 2.24) is 10.2 Å². The van der Waals surface area contributed by atoms with Gasteiger partial charge in [-0.2, -0.15) is 0 Å². The van der Waals surface area contributed by atoms with Gasteiger partial charge in [-0.15, -0.1) is 0 Å². The first-order valence-electron chi connectivity index (χ1n) is 12.2. The number of hydrogen-bond acceptors (Lipinski definition) is 3. The first-order chi connectivity index (χ1) is 17.2. The molecule has 7 heteroatoms. The summed E-state index contributed by atoms with van der Waals surface area (Å²) in [5, 5.41) is 4.13. The third-order valence-corrected chi connectivity index (χ3v) is 7.57. The summed E-state index contributed by atoms with van der Waals surface area (Å²) in [5.41, 5.74) is 2.68. The molecule has 1 aliphatic heterocycles. The molecule has 1 aliphatic rings. The van der Waals surface area contributed by atoms with Crippen LogP contribution in [0.1, 0.15) is 53.7 Å². The number of nitrogens with one attached hydrogen (secondary N) is 1. The highest BCUT2D eigenvalue weighted by Crippen LogP contribution is 2.50. The minimum atomic E-state index is -1.12. The van der Waals surface area contributed by atoms with Gasteiger partial charge in [-0.3, -0.25) is 14.5 Å². The Bertz CT molecular complexity index is 1270. The predicted molar refractivity (Wildman–Crippen MR) is 147 cm³/mol. The van der Waals surface area contributed by atoms with Crippen molar-refractivity contribution in [2.45, 2.75) is 44.8 Å². The molecule has 36 heavy (non-hydrogen) atoms. The molecule has 0 saturated heterocycles. The second-order valence-electron chi connectivity index (χ2n) is 9.32. The van der Waals surface area contributed by atoms with Crippen LogP contribution in [0, 0.1) is 0 Å². The number of nitrogens with zero attached hydrogens (tertiary/aromatic N) is 2. The lowest BCUT2D eigenvalue weighted by Gasteiger charge is -2.36. The minimum Gasteiger partial charge on any atom is -0.349 e. The summed E-state index contributed by atoms with van der Waals surface area (Å²) in [5.74, 6) is -0.189. The highest BCUT2D eigenvalue weighted by atomic mass is 35.5. The Hall–Kier alpha value is -2.86. The molecule has 3 aromatic carbocycles. The Morgan fingerprint density at radius 2 is 1.64 bits per heavy atom. The van der Waals surface area contributed by atoms with Gasteiger partial charge in [-0.1, -0.05) is 67.4 Å². The van der Waals surface area contributed by atoms with Crippen LogP contribution in [-0.2, 0) is 16.9 Å². The second-order valence-corrected chi connectivity index (χ2v) is 10.2. The Labute approximate surface area is 223 Å². The highest BCUT2D eigenvalue weighted by Gasteiger charge is 2.54. The molecular formula is C29H31Cl2N3O2. The quantitative estimate of drug-likeness (QED) is 0.378. The van der Waals surface area contributed by atoms with Gasteiger partial charge in [0.1, 0.15) is 0 Å². The average molecular weight is 524 g/mol. The van der Waals surface area contributed by atoms with Crippen molar-refractivity contribution in [3.8, 4) is 0 Å². The average Bonchev–Trinajstić information content (AvgIpc) is 3.10. The smallest absolute Gasteiger partial charge is 0.257 e. The zero-order valence-corrected chi connectivity index (χ0v) is 22.5. The molecule has 3 aromatic rings. The van der Waals surface area contributed by atoms with E-state index in [1.54, 1.807) is 17.0 Å². The normalized spacial score (nSPS) is 17.1. The lowest BCUT2D eigenvalue weighted by Crippen LogP contribution is -2.50. The van der Waals surface area contributed by atoms with Gasteiger partial charge in [0, 0.05) is 32.8 Å². The highest BCUT2D eigenvalue weighted by molar-refractivity contribution is 6.32. The summed E-state index contributed by atoms with van der Waals surface area (Å²) in [6.07, 6.45) is 1.78. The summed E-state index contributed by atoms with van der Waals surface area (Å²) >= 11 is 13.1. The van der Waals surface area contributed by atoms with Crippen LogP contribution in [0.15, 0.2) is 66.7 Å². The molecule has 188 valence electrons. The second kappa shape index (κ2) is 10.6. The molecule has 0 spiro atoms. The molecule has 0 aromatic heterocycles. The Morgan fingerprint density at radius 3 is 2.25 bits per heavy atom. The summed E-state index contributed by atoms with van der Waals surface area (Å²) in [6, 6.07) is 20.5. The lowest BCUT2D eigenvalue weighted by atomic mass is 9.82. The van der Waals surface area contributed by atoms with Gasteiger partial charge in [-0.05, 0) is 68.9 Å². The molecule has 0 radical (unpaired) electrons. The molecule has 0 fully saturated rings. The standard InChI is InChI=1S/C29H31Cl2N3O2/c1-5-22(6-2)32-27(35)20-13-11-19(12-14-20)18-34-26-16-15-21(30)17-24(26)29(28(34)36,33(3)4)23-9-7-8-10-25(23)31/h7-17,22H,5-6,18H2,1-4H3,(H,32,35). The van der Waals surface area contributed by atoms with E-state index in [1.165, 1.54) is 0 Å². The van der Waals surface area contributed by atoms with Crippen LogP contribution in [0.2, 0.25) is 10.0 Å². The predicted octanol–water partition coefficient (Wildman–Crippen LogP) is 6.26. The summed E-state index contributed by atoms with van der Waals surface area (Å²) in [4.78, 5) is 30.6. The molecule has 0 saturated carbocycles. The van der Waals surface area contributed by atoms with Gasteiger partial charge in [-0.25, -0.2) is 0 Å². The van der Waals surface area contributed by atoms with Crippen LogP contribution in [0.5, 0.6) is 0 Å². The number of carbonyl (C=O) groups excluding carboxylic acids is 2. The maximum absolute atomic E-state index is 14.3. The fraction of sp³-hybridized carbons (Fsp3) is 0.310. The van der Waals surface area contributed by atoms with Crippen LogP contribution >= 0.6 is 23.2 Å². The number of halogens is 2. The van der Waals surface area contributed by atoms with Gasteiger partial charge in [0.2, 0.25) is 0 Å². The van der Waals surface area contributed by atoms with Gasteiger partial charge < -0.3 is 10.2 Å². The number of benzene rings is 3. The van der Waals surface area contributed by atoms with Crippen LogP contribution < -0.4 is 10.2 Å². The first kappa shape index (κ1) is 26.2. The van der Waals surface area contributed by atoms with E-state index in [2.05, 4.69) is 19.2 Å². The molecule has 1 heterocycles. The van der Waals surface area contributed by atoms with Crippen molar-refractivity contribution < 1.29 is 9.59 Å². The van der Waals surface area contributed by atoms with Crippen molar-refractivity contribution in [3.05, 3.63) is 99.0 Å². The van der Waals surface area contributed by atoms with E-state index in [0.717, 1.165) is 29.7 Å². The van der Waals surface area contributed by atoms with E-state index < -0.39 is 5.54 Å². The Morgan fingerprint density at radius 1 is 0.972 bits per heavy atom. The number of amides is 2. The molecule has 0 bridgehead atoms. The molecule has 4 rings (SSSR count). The van der Waals surface area contributed by atoms with Gasteiger partial charge in [0.15, 0.2) is 5.54 Å². The van der Waals surface area contributed by atoms with E-state index in [0.29, 0.717) is 27.7 Å². The molecule has 1 unspecified atom stereocenters. The molecule has 0 aliphatic carbocycles. The van der Waals surface area contributed by atoms with Gasteiger partial charge in [0.05, 0.1) is 12.2 Å². The maximum atomic E-state index is 14.3. The van der Waals surface area contributed by atoms with Crippen molar-refractivity contribution in [2.24, 2.45) is 0 Å². The van der Waals surface area contributed by atoms with Crippen molar-refractivity contribution in [1.29, 1.82) is 0 Å². The summed E-state index contributed by atoms with van der Waals surface area (Å²) in [6.45, 7) is 4.47. The zero-order valence-electron chi connectivity index (χ0n) is 21.0. The van der Waals surface area contributed by atoms with Crippen molar-refractivity contribution in [3.63, 3.8) is 0 Å². The number of carbonyl (C=O) groups is 2. The topological polar surface area (TPSA) is 52.7 Å². The summed E-state index contributed by atoms with van der Waals surface area (Å²) < 4.78 is 0. The fourth-order valence-corrected chi connectivity index (χ4v) is 5.45. The monoisotopic (exact) mass is 523 g/mol. The van der Waals surface area contributed by atoms with E-state index in [4.69, 9.17) is 23.2 Å². The van der Waals surface area contributed by atoms with E-state index in [1.807, 2.05) is 73.6 Å². The van der Waals surface area contributed by atoms with Crippen molar-refractivity contribution in [2.75, 3.05) is 19.0 Å².